The summed E-state index contributed by atoms with van der Waals surface area (Å²) in [5, 5.41) is 0. The number of carbonyl (C=O) groups excluding carboxylic acids is 2. The van der Waals surface area contributed by atoms with Gasteiger partial charge >= 0.3 is 6.03 Å². The zero-order valence-electron chi connectivity index (χ0n) is 14.4. The summed E-state index contributed by atoms with van der Waals surface area (Å²) in [5.41, 5.74) is 8.29. The van der Waals surface area contributed by atoms with Crippen LogP contribution in [0.4, 0.5) is 4.79 Å². The molecule has 0 aliphatic carbocycles. The van der Waals surface area contributed by atoms with Gasteiger partial charge in [-0.15, -0.1) is 0 Å². The van der Waals surface area contributed by atoms with E-state index in [1.807, 2.05) is 44.2 Å². The molecule has 1 aromatic carbocycles. The fourth-order valence-electron chi connectivity index (χ4n) is 2.96. The Hall–Kier alpha value is -2.40. The SMILES string of the molecule is C=CC(=C1C(=O)N(CCC)C(=O)N(CCC)C1N)c1ccccc1. The van der Waals surface area contributed by atoms with Gasteiger partial charge in [0.15, 0.2) is 0 Å². The molecule has 0 spiro atoms. The van der Waals surface area contributed by atoms with Crippen molar-refractivity contribution in [3.05, 3.63) is 54.1 Å². The Labute approximate surface area is 143 Å². The topological polar surface area (TPSA) is 66.6 Å². The zero-order chi connectivity index (χ0) is 17.7. The second kappa shape index (κ2) is 7.93. The van der Waals surface area contributed by atoms with Crippen molar-refractivity contribution in [1.29, 1.82) is 0 Å². The quantitative estimate of drug-likeness (QED) is 0.817. The average Bonchev–Trinajstić information content (AvgIpc) is 2.60. The van der Waals surface area contributed by atoms with E-state index in [1.54, 1.807) is 11.0 Å². The summed E-state index contributed by atoms with van der Waals surface area (Å²) in [6, 6.07) is 9.22. The molecule has 1 fully saturated rings. The minimum atomic E-state index is -0.758. The molecule has 1 aliphatic rings. The predicted octanol–water partition coefficient (Wildman–Crippen LogP) is 3.00. The molecule has 2 N–H and O–H groups in total. The van der Waals surface area contributed by atoms with Crippen molar-refractivity contribution in [2.45, 2.75) is 32.9 Å². The van der Waals surface area contributed by atoms with Gasteiger partial charge in [0, 0.05) is 13.1 Å². The van der Waals surface area contributed by atoms with Gasteiger partial charge in [0.1, 0.15) is 6.17 Å². The standard InChI is InChI=1S/C19H25N3O2/c1-4-12-21-17(20)16(18(23)22(13-5-2)19(21)24)15(6-3)14-10-8-7-9-11-14/h6-11,17H,3-5,12-13,20H2,1-2H3. The second-order valence-corrected chi connectivity index (χ2v) is 5.78. The first kappa shape index (κ1) is 17.9. The third-order valence-electron chi connectivity index (χ3n) is 4.07. The molecular formula is C19H25N3O2. The molecule has 2 rings (SSSR count). The largest absolute Gasteiger partial charge is 0.328 e. The molecule has 24 heavy (non-hydrogen) atoms. The Kier molecular flexibility index (Phi) is 5.93. The summed E-state index contributed by atoms with van der Waals surface area (Å²) >= 11 is 0. The number of carbonyl (C=O) groups is 2. The lowest BCUT2D eigenvalue weighted by molar-refractivity contribution is -0.127. The lowest BCUT2D eigenvalue weighted by atomic mass is 9.95. The molecule has 5 nitrogen and oxygen atoms in total. The number of urea groups is 1. The highest BCUT2D eigenvalue weighted by molar-refractivity contribution is 6.12. The first-order chi connectivity index (χ1) is 11.6. The van der Waals surface area contributed by atoms with E-state index in [0.717, 1.165) is 12.0 Å². The minimum Gasteiger partial charge on any atom is -0.307 e. The van der Waals surface area contributed by atoms with Gasteiger partial charge in [0.2, 0.25) is 0 Å². The van der Waals surface area contributed by atoms with Gasteiger partial charge in [0.05, 0.1) is 5.57 Å². The van der Waals surface area contributed by atoms with Crippen molar-refractivity contribution in [3.63, 3.8) is 0 Å². The maximum atomic E-state index is 13.0. The molecule has 3 amide bonds. The van der Waals surface area contributed by atoms with Crippen LogP contribution in [0.2, 0.25) is 0 Å². The van der Waals surface area contributed by atoms with Crippen LogP contribution in [-0.2, 0) is 4.79 Å². The van der Waals surface area contributed by atoms with Crippen LogP contribution >= 0.6 is 0 Å². The second-order valence-electron chi connectivity index (χ2n) is 5.78. The maximum absolute atomic E-state index is 13.0. The lowest BCUT2D eigenvalue weighted by Crippen LogP contribution is -2.61. The number of benzene rings is 1. The number of nitrogens with zero attached hydrogens (tertiary/aromatic N) is 2. The molecule has 1 heterocycles. The molecule has 5 heteroatoms. The van der Waals surface area contributed by atoms with Crippen LogP contribution in [0.15, 0.2) is 48.6 Å². The third-order valence-corrected chi connectivity index (χ3v) is 4.07. The van der Waals surface area contributed by atoms with E-state index >= 15 is 0 Å². The Morgan fingerprint density at radius 3 is 2.33 bits per heavy atom. The number of hydrogen-bond acceptors (Lipinski definition) is 3. The number of nitrogens with two attached hydrogens (primary N) is 1. The van der Waals surface area contributed by atoms with Crippen molar-refractivity contribution in [3.8, 4) is 0 Å². The van der Waals surface area contributed by atoms with E-state index in [4.69, 9.17) is 5.73 Å². The zero-order valence-corrected chi connectivity index (χ0v) is 14.4. The van der Waals surface area contributed by atoms with E-state index in [-0.39, 0.29) is 11.9 Å². The number of rotatable bonds is 6. The highest BCUT2D eigenvalue weighted by Gasteiger charge is 2.41. The predicted molar refractivity (Wildman–Crippen MR) is 95.9 cm³/mol. The van der Waals surface area contributed by atoms with Crippen molar-refractivity contribution < 1.29 is 9.59 Å². The number of hydrogen-bond donors (Lipinski definition) is 1. The van der Waals surface area contributed by atoms with Crippen LogP contribution in [0.3, 0.4) is 0 Å². The van der Waals surface area contributed by atoms with Crippen molar-refractivity contribution in [2.75, 3.05) is 13.1 Å². The van der Waals surface area contributed by atoms with Crippen LogP contribution < -0.4 is 5.73 Å². The Balaban J connectivity index is 2.59. The Morgan fingerprint density at radius 1 is 1.17 bits per heavy atom. The van der Waals surface area contributed by atoms with E-state index < -0.39 is 6.17 Å². The van der Waals surface area contributed by atoms with Crippen LogP contribution in [0.25, 0.3) is 5.57 Å². The van der Waals surface area contributed by atoms with E-state index in [2.05, 4.69) is 6.58 Å². The summed E-state index contributed by atoms with van der Waals surface area (Å²) in [6.45, 7) is 8.67. The number of allylic oxidation sites excluding steroid dienone is 2. The van der Waals surface area contributed by atoms with Crippen LogP contribution in [0, 0.1) is 0 Å². The highest BCUT2D eigenvalue weighted by Crippen LogP contribution is 2.28. The van der Waals surface area contributed by atoms with Gasteiger partial charge < -0.3 is 10.6 Å². The summed E-state index contributed by atoms with van der Waals surface area (Å²) in [5.74, 6) is -0.319. The van der Waals surface area contributed by atoms with Crippen LogP contribution in [0.5, 0.6) is 0 Å². The first-order valence-electron chi connectivity index (χ1n) is 8.36. The average molecular weight is 327 g/mol. The highest BCUT2D eigenvalue weighted by atomic mass is 16.2. The molecular weight excluding hydrogens is 302 g/mol. The first-order valence-corrected chi connectivity index (χ1v) is 8.36. The monoisotopic (exact) mass is 327 g/mol. The third kappa shape index (κ3) is 3.26. The molecule has 1 unspecified atom stereocenters. The van der Waals surface area contributed by atoms with E-state index in [0.29, 0.717) is 30.7 Å². The van der Waals surface area contributed by atoms with Gasteiger partial charge in [-0.05, 0) is 24.0 Å². The van der Waals surface area contributed by atoms with Crippen LogP contribution in [0.1, 0.15) is 32.3 Å². The van der Waals surface area contributed by atoms with Crippen molar-refractivity contribution in [2.24, 2.45) is 5.73 Å². The minimum absolute atomic E-state index is 0.309. The summed E-state index contributed by atoms with van der Waals surface area (Å²) in [7, 11) is 0. The molecule has 1 saturated heterocycles. The van der Waals surface area contributed by atoms with Crippen LogP contribution in [-0.4, -0.2) is 41.0 Å². The molecule has 1 aromatic rings. The Morgan fingerprint density at radius 2 is 1.79 bits per heavy atom. The smallest absolute Gasteiger partial charge is 0.307 e. The van der Waals surface area contributed by atoms with Gasteiger partial charge in [-0.1, -0.05) is 56.8 Å². The fourth-order valence-corrected chi connectivity index (χ4v) is 2.96. The number of amides is 3. The normalized spacial score (nSPS) is 20.4. The van der Waals surface area contributed by atoms with Crippen molar-refractivity contribution in [1.82, 2.24) is 9.80 Å². The van der Waals surface area contributed by atoms with Gasteiger partial charge in [0.25, 0.3) is 5.91 Å². The molecule has 128 valence electrons. The molecule has 0 aromatic heterocycles. The molecule has 0 saturated carbocycles. The van der Waals surface area contributed by atoms with E-state index in [9.17, 15) is 9.59 Å². The molecule has 1 aliphatic heterocycles. The van der Waals surface area contributed by atoms with Crippen molar-refractivity contribution >= 4 is 17.5 Å². The molecule has 0 radical (unpaired) electrons. The van der Waals surface area contributed by atoms with E-state index in [1.165, 1.54) is 4.90 Å². The summed E-state index contributed by atoms with van der Waals surface area (Å²) in [4.78, 5) is 28.4. The van der Waals surface area contributed by atoms with Gasteiger partial charge in [-0.2, -0.15) is 0 Å². The summed E-state index contributed by atoms with van der Waals surface area (Å²) < 4.78 is 0. The molecule has 0 bridgehead atoms. The number of imide groups is 1. The van der Waals surface area contributed by atoms with Gasteiger partial charge in [-0.25, -0.2) is 4.79 Å². The summed E-state index contributed by atoms with van der Waals surface area (Å²) in [6.07, 6.45) is 2.36. The maximum Gasteiger partial charge on any atom is 0.328 e. The Bertz CT molecular complexity index is 652. The fraction of sp³-hybridized carbons (Fsp3) is 0.368. The van der Waals surface area contributed by atoms with Gasteiger partial charge in [-0.3, -0.25) is 9.69 Å². The lowest BCUT2D eigenvalue weighted by Gasteiger charge is -2.40. The molecule has 1 atom stereocenters.